The molecule has 0 heterocycles. The van der Waals surface area contributed by atoms with Crippen molar-refractivity contribution in [2.24, 2.45) is 0 Å². The van der Waals surface area contributed by atoms with E-state index in [9.17, 15) is 9.59 Å². The topological polar surface area (TPSA) is 76.7 Å². The molecule has 0 aliphatic heterocycles. The van der Waals surface area contributed by atoms with Crippen molar-refractivity contribution < 1.29 is 19.1 Å². The fourth-order valence-corrected chi connectivity index (χ4v) is 2.10. The van der Waals surface area contributed by atoms with Gasteiger partial charge in [0.2, 0.25) is 5.91 Å². The third-order valence-electron chi connectivity index (χ3n) is 3.42. The first-order chi connectivity index (χ1) is 12.7. The molecule has 0 bridgehead atoms. The Bertz CT molecular complexity index is 687. The van der Waals surface area contributed by atoms with E-state index < -0.39 is 0 Å². The van der Waals surface area contributed by atoms with Crippen LogP contribution in [0.4, 0.5) is 0 Å². The van der Waals surface area contributed by atoms with Crippen LogP contribution in [-0.2, 0) is 9.59 Å². The minimum atomic E-state index is -0.266. The Balaban J connectivity index is 1.67. The molecule has 2 N–H and O–H groups in total. The first-order valence-corrected chi connectivity index (χ1v) is 8.66. The van der Waals surface area contributed by atoms with E-state index >= 15 is 0 Å². The van der Waals surface area contributed by atoms with Crippen LogP contribution in [-0.4, -0.2) is 31.5 Å². The number of hydrogen-bond donors (Lipinski definition) is 2. The molecule has 0 radical (unpaired) electrons. The summed E-state index contributed by atoms with van der Waals surface area (Å²) >= 11 is 0. The Kier molecular flexibility index (Phi) is 7.99. The lowest BCUT2D eigenvalue weighted by Gasteiger charge is -2.09. The first-order valence-electron chi connectivity index (χ1n) is 8.66. The zero-order chi connectivity index (χ0) is 18.6. The van der Waals surface area contributed by atoms with Crippen LogP contribution < -0.4 is 20.1 Å². The lowest BCUT2D eigenvalue weighted by molar-refractivity contribution is -0.123. The van der Waals surface area contributed by atoms with Crippen LogP contribution in [0.1, 0.15) is 19.8 Å². The highest BCUT2D eigenvalue weighted by atomic mass is 16.5. The van der Waals surface area contributed by atoms with Gasteiger partial charge in [0.05, 0.1) is 0 Å². The zero-order valence-electron chi connectivity index (χ0n) is 14.9. The van der Waals surface area contributed by atoms with Crippen molar-refractivity contribution in [2.75, 3.05) is 19.7 Å². The molecule has 0 saturated carbocycles. The molecule has 0 spiro atoms. The van der Waals surface area contributed by atoms with Crippen molar-refractivity contribution in [3.05, 3.63) is 54.6 Å². The predicted octanol–water partition coefficient (Wildman–Crippen LogP) is 2.89. The second-order valence-corrected chi connectivity index (χ2v) is 5.63. The molecule has 2 amide bonds. The fraction of sp³-hybridized carbons (Fsp3) is 0.300. The molecule has 0 fully saturated rings. The Labute approximate surface area is 153 Å². The minimum Gasteiger partial charge on any atom is -0.484 e. The maximum absolute atomic E-state index is 11.7. The highest BCUT2D eigenvalue weighted by molar-refractivity contribution is 5.79. The Morgan fingerprint density at radius 3 is 2.12 bits per heavy atom. The number of hydrogen-bond acceptors (Lipinski definition) is 4. The molecule has 0 atom stereocenters. The van der Waals surface area contributed by atoms with Crippen LogP contribution in [0.25, 0.3) is 0 Å². The molecule has 138 valence electrons. The standard InChI is InChI=1S/C20H24N2O4/c1-2-13-21-19(23)12-14-22-20(24)15-25-16-8-10-18(11-9-16)26-17-6-4-3-5-7-17/h3-11H,2,12-15H2,1H3,(H,21,23)(H,22,24). The van der Waals surface area contributed by atoms with Gasteiger partial charge < -0.3 is 20.1 Å². The van der Waals surface area contributed by atoms with E-state index in [1.54, 1.807) is 24.3 Å². The minimum absolute atomic E-state index is 0.0675. The number of benzene rings is 2. The summed E-state index contributed by atoms with van der Waals surface area (Å²) in [6, 6.07) is 16.5. The van der Waals surface area contributed by atoms with E-state index in [0.29, 0.717) is 24.6 Å². The van der Waals surface area contributed by atoms with Gasteiger partial charge in [-0.25, -0.2) is 0 Å². The van der Waals surface area contributed by atoms with Gasteiger partial charge in [-0.3, -0.25) is 9.59 Å². The first kappa shape index (κ1) is 19.3. The highest BCUT2D eigenvalue weighted by Crippen LogP contribution is 2.23. The fourth-order valence-electron chi connectivity index (χ4n) is 2.10. The van der Waals surface area contributed by atoms with Gasteiger partial charge in [0.25, 0.3) is 5.91 Å². The van der Waals surface area contributed by atoms with Gasteiger partial charge >= 0.3 is 0 Å². The number of amides is 2. The van der Waals surface area contributed by atoms with E-state index in [0.717, 1.165) is 12.2 Å². The van der Waals surface area contributed by atoms with Crippen LogP contribution in [0, 0.1) is 0 Å². The van der Waals surface area contributed by atoms with E-state index in [1.165, 1.54) is 0 Å². The lowest BCUT2D eigenvalue weighted by atomic mass is 10.3. The van der Waals surface area contributed by atoms with Crippen LogP contribution in [0.5, 0.6) is 17.2 Å². The Hall–Kier alpha value is -3.02. The van der Waals surface area contributed by atoms with Crippen molar-refractivity contribution in [3.8, 4) is 17.2 Å². The second-order valence-electron chi connectivity index (χ2n) is 5.63. The SMILES string of the molecule is CCCNC(=O)CCNC(=O)COc1ccc(Oc2ccccc2)cc1. The van der Waals surface area contributed by atoms with Crippen LogP contribution in [0.15, 0.2) is 54.6 Å². The quantitative estimate of drug-likeness (QED) is 0.686. The maximum atomic E-state index is 11.7. The molecular formula is C20H24N2O4. The average molecular weight is 356 g/mol. The number of nitrogens with one attached hydrogen (secondary N) is 2. The largest absolute Gasteiger partial charge is 0.484 e. The molecule has 0 aliphatic rings. The summed E-state index contributed by atoms with van der Waals surface area (Å²) in [6.07, 6.45) is 1.15. The van der Waals surface area contributed by atoms with Crippen LogP contribution in [0.3, 0.4) is 0 Å². The second kappa shape index (κ2) is 10.8. The predicted molar refractivity (Wildman–Crippen MR) is 99.4 cm³/mol. The highest BCUT2D eigenvalue weighted by Gasteiger charge is 2.05. The summed E-state index contributed by atoms with van der Waals surface area (Å²) < 4.78 is 11.1. The summed E-state index contributed by atoms with van der Waals surface area (Å²) in [5.41, 5.74) is 0. The molecule has 2 aromatic rings. The summed E-state index contributed by atoms with van der Waals surface area (Å²) in [5, 5.41) is 5.41. The number of carbonyl (C=O) groups is 2. The van der Waals surface area contributed by atoms with Gasteiger partial charge in [0, 0.05) is 19.5 Å². The smallest absolute Gasteiger partial charge is 0.257 e. The molecular weight excluding hydrogens is 332 g/mol. The van der Waals surface area contributed by atoms with Gasteiger partial charge in [-0.1, -0.05) is 25.1 Å². The number of ether oxygens (including phenoxy) is 2. The summed E-state index contributed by atoms with van der Waals surface area (Å²) in [7, 11) is 0. The van der Waals surface area contributed by atoms with Crippen LogP contribution in [0.2, 0.25) is 0 Å². The van der Waals surface area contributed by atoms with Crippen molar-refractivity contribution in [2.45, 2.75) is 19.8 Å². The van der Waals surface area contributed by atoms with Crippen molar-refractivity contribution in [1.82, 2.24) is 10.6 Å². The monoisotopic (exact) mass is 356 g/mol. The molecule has 2 aromatic carbocycles. The maximum Gasteiger partial charge on any atom is 0.257 e. The van der Waals surface area contributed by atoms with Crippen molar-refractivity contribution >= 4 is 11.8 Å². The third-order valence-corrected chi connectivity index (χ3v) is 3.42. The van der Waals surface area contributed by atoms with E-state index in [4.69, 9.17) is 9.47 Å². The van der Waals surface area contributed by atoms with E-state index in [2.05, 4.69) is 10.6 Å². The third kappa shape index (κ3) is 7.25. The van der Waals surface area contributed by atoms with Gasteiger partial charge in [0.1, 0.15) is 17.2 Å². The normalized spacial score (nSPS) is 10.0. The molecule has 0 aliphatic carbocycles. The zero-order valence-corrected chi connectivity index (χ0v) is 14.9. The molecule has 26 heavy (non-hydrogen) atoms. The van der Waals surface area contributed by atoms with Crippen molar-refractivity contribution in [3.63, 3.8) is 0 Å². The number of rotatable bonds is 10. The van der Waals surface area contributed by atoms with Gasteiger partial charge in [-0.2, -0.15) is 0 Å². The summed E-state index contributed by atoms with van der Waals surface area (Å²) in [4.78, 5) is 23.1. The van der Waals surface area contributed by atoms with Gasteiger partial charge in [-0.15, -0.1) is 0 Å². The van der Waals surface area contributed by atoms with Crippen molar-refractivity contribution in [1.29, 1.82) is 0 Å². The summed E-state index contributed by atoms with van der Waals surface area (Å²) in [6.45, 7) is 2.83. The Morgan fingerprint density at radius 2 is 1.42 bits per heavy atom. The van der Waals surface area contributed by atoms with Gasteiger partial charge in [-0.05, 0) is 42.8 Å². The Morgan fingerprint density at radius 1 is 0.808 bits per heavy atom. The number of carbonyl (C=O) groups excluding carboxylic acids is 2. The molecule has 6 nitrogen and oxygen atoms in total. The molecule has 0 aromatic heterocycles. The van der Waals surface area contributed by atoms with Gasteiger partial charge in [0.15, 0.2) is 6.61 Å². The van der Waals surface area contributed by atoms with E-state index in [1.807, 2.05) is 37.3 Å². The molecule has 0 unspecified atom stereocenters. The molecule has 2 rings (SSSR count). The van der Waals surface area contributed by atoms with E-state index in [-0.39, 0.29) is 24.8 Å². The summed E-state index contributed by atoms with van der Waals surface area (Å²) in [5.74, 6) is 1.68. The number of para-hydroxylation sites is 1. The average Bonchev–Trinajstić information content (AvgIpc) is 2.66. The molecule has 6 heteroatoms. The van der Waals surface area contributed by atoms with Crippen LogP contribution >= 0.6 is 0 Å². The molecule has 0 saturated heterocycles. The lowest BCUT2D eigenvalue weighted by Crippen LogP contribution is -2.33.